The lowest BCUT2D eigenvalue weighted by molar-refractivity contribution is 0.454. The fourth-order valence-electron chi connectivity index (χ4n) is 1.47. The molecule has 0 fully saturated rings. The Morgan fingerprint density at radius 3 is 3.00 bits per heavy atom. The number of nitrogens with zero attached hydrogens (tertiary/aromatic N) is 3. The lowest BCUT2D eigenvalue weighted by Crippen LogP contribution is -2.09. The molecule has 0 saturated carbocycles. The van der Waals surface area contributed by atoms with E-state index in [2.05, 4.69) is 9.97 Å². The number of hydrogen-bond donors (Lipinski definition) is 1. The molecule has 2 aromatic rings. The van der Waals surface area contributed by atoms with E-state index in [1.54, 1.807) is 12.5 Å². The van der Waals surface area contributed by atoms with Crippen LogP contribution in [0.5, 0.6) is 0 Å². The standard InChI is InChI=1S/C10H14N4O/c1-8-4-13-10(15-8)6-14-7-12-5-9(14)2-3-11/h4-5,7H,2-3,6,11H2,1H3. The molecular formula is C10H14N4O. The molecule has 0 bridgehead atoms. The molecule has 0 atom stereocenters. The summed E-state index contributed by atoms with van der Waals surface area (Å²) in [6.07, 6.45) is 6.13. The van der Waals surface area contributed by atoms with Crippen LogP contribution in [-0.2, 0) is 13.0 Å². The van der Waals surface area contributed by atoms with Crippen molar-refractivity contribution in [3.63, 3.8) is 0 Å². The first-order valence-electron chi connectivity index (χ1n) is 4.90. The third kappa shape index (κ3) is 2.24. The first kappa shape index (κ1) is 9.92. The van der Waals surface area contributed by atoms with Gasteiger partial charge in [0.25, 0.3) is 0 Å². The number of rotatable bonds is 4. The van der Waals surface area contributed by atoms with Crippen LogP contribution < -0.4 is 5.73 Å². The highest BCUT2D eigenvalue weighted by atomic mass is 16.4. The number of aromatic nitrogens is 3. The fourth-order valence-corrected chi connectivity index (χ4v) is 1.47. The smallest absolute Gasteiger partial charge is 0.214 e. The maximum Gasteiger partial charge on any atom is 0.214 e. The van der Waals surface area contributed by atoms with Gasteiger partial charge >= 0.3 is 0 Å². The van der Waals surface area contributed by atoms with Crippen molar-refractivity contribution in [1.29, 1.82) is 0 Å². The van der Waals surface area contributed by atoms with E-state index in [0.29, 0.717) is 19.0 Å². The second kappa shape index (κ2) is 4.27. The number of nitrogens with two attached hydrogens (primary N) is 1. The molecule has 0 aliphatic rings. The minimum Gasteiger partial charge on any atom is -0.444 e. The molecule has 80 valence electrons. The molecular weight excluding hydrogens is 192 g/mol. The minimum absolute atomic E-state index is 0.614. The molecule has 0 aliphatic carbocycles. The van der Waals surface area contributed by atoms with Crippen LogP contribution >= 0.6 is 0 Å². The predicted molar refractivity (Wildman–Crippen MR) is 55.3 cm³/mol. The zero-order chi connectivity index (χ0) is 10.7. The van der Waals surface area contributed by atoms with E-state index in [4.69, 9.17) is 10.2 Å². The summed E-state index contributed by atoms with van der Waals surface area (Å²) in [6, 6.07) is 0. The fraction of sp³-hybridized carbons (Fsp3) is 0.400. The molecule has 0 amide bonds. The highest BCUT2D eigenvalue weighted by molar-refractivity contribution is 5.01. The van der Waals surface area contributed by atoms with E-state index in [1.807, 2.05) is 17.7 Å². The Balaban J connectivity index is 2.13. The largest absolute Gasteiger partial charge is 0.444 e. The lowest BCUT2D eigenvalue weighted by Gasteiger charge is -2.03. The summed E-state index contributed by atoms with van der Waals surface area (Å²) in [5, 5.41) is 0. The molecule has 0 aliphatic heterocycles. The Kier molecular flexibility index (Phi) is 2.82. The second-order valence-electron chi connectivity index (χ2n) is 3.42. The van der Waals surface area contributed by atoms with Crippen molar-refractivity contribution >= 4 is 0 Å². The van der Waals surface area contributed by atoms with Crippen molar-refractivity contribution in [2.75, 3.05) is 6.54 Å². The van der Waals surface area contributed by atoms with Crippen molar-refractivity contribution in [3.05, 3.63) is 36.1 Å². The van der Waals surface area contributed by atoms with E-state index in [-0.39, 0.29) is 0 Å². The number of imidazole rings is 1. The summed E-state index contributed by atoms with van der Waals surface area (Å²) in [5.74, 6) is 1.52. The summed E-state index contributed by atoms with van der Waals surface area (Å²) in [5.41, 5.74) is 6.61. The van der Waals surface area contributed by atoms with Gasteiger partial charge in [-0.1, -0.05) is 0 Å². The molecule has 5 nitrogen and oxygen atoms in total. The van der Waals surface area contributed by atoms with E-state index in [0.717, 1.165) is 17.9 Å². The summed E-state index contributed by atoms with van der Waals surface area (Å²) in [4.78, 5) is 8.23. The summed E-state index contributed by atoms with van der Waals surface area (Å²) in [7, 11) is 0. The molecule has 2 heterocycles. The van der Waals surface area contributed by atoms with Gasteiger partial charge in [-0.05, 0) is 13.5 Å². The van der Waals surface area contributed by atoms with Gasteiger partial charge in [0, 0.05) is 18.3 Å². The van der Waals surface area contributed by atoms with Crippen LogP contribution in [-0.4, -0.2) is 21.1 Å². The van der Waals surface area contributed by atoms with Crippen molar-refractivity contribution in [3.8, 4) is 0 Å². The van der Waals surface area contributed by atoms with Gasteiger partial charge in [-0.15, -0.1) is 0 Å². The topological polar surface area (TPSA) is 69.9 Å². The third-order valence-electron chi connectivity index (χ3n) is 2.17. The van der Waals surface area contributed by atoms with Gasteiger partial charge in [-0.25, -0.2) is 9.97 Å². The Morgan fingerprint density at radius 1 is 1.47 bits per heavy atom. The highest BCUT2D eigenvalue weighted by Gasteiger charge is 2.05. The van der Waals surface area contributed by atoms with E-state index >= 15 is 0 Å². The van der Waals surface area contributed by atoms with Gasteiger partial charge in [0.05, 0.1) is 12.5 Å². The first-order chi connectivity index (χ1) is 7.29. The average molecular weight is 206 g/mol. The third-order valence-corrected chi connectivity index (χ3v) is 2.17. The Hall–Kier alpha value is -1.62. The monoisotopic (exact) mass is 206 g/mol. The van der Waals surface area contributed by atoms with Gasteiger partial charge in [0.2, 0.25) is 5.89 Å². The molecule has 5 heteroatoms. The van der Waals surface area contributed by atoms with Gasteiger partial charge < -0.3 is 14.7 Å². The maximum atomic E-state index is 5.51. The zero-order valence-corrected chi connectivity index (χ0v) is 8.68. The van der Waals surface area contributed by atoms with Crippen molar-refractivity contribution in [1.82, 2.24) is 14.5 Å². The molecule has 0 spiro atoms. The normalized spacial score (nSPS) is 10.8. The molecule has 2 N–H and O–H groups in total. The Labute approximate surface area is 87.9 Å². The molecule has 15 heavy (non-hydrogen) atoms. The van der Waals surface area contributed by atoms with Crippen LogP contribution in [0.2, 0.25) is 0 Å². The molecule has 2 rings (SSSR count). The molecule has 0 unspecified atom stereocenters. The van der Waals surface area contributed by atoms with Crippen LogP contribution in [0, 0.1) is 6.92 Å². The number of aryl methyl sites for hydroxylation is 1. The number of oxazole rings is 1. The Bertz CT molecular complexity index is 432. The zero-order valence-electron chi connectivity index (χ0n) is 8.68. The van der Waals surface area contributed by atoms with Crippen molar-refractivity contribution < 1.29 is 4.42 Å². The molecule has 0 saturated heterocycles. The lowest BCUT2D eigenvalue weighted by atomic mass is 10.3. The summed E-state index contributed by atoms with van der Waals surface area (Å²) in [6.45, 7) is 3.12. The first-order valence-corrected chi connectivity index (χ1v) is 4.90. The van der Waals surface area contributed by atoms with Crippen LogP contribution in [0.25, 0.3) is 0 Å². The van der Waals surface area contributed by atoms with Crippen LogP contribution in [0.1, 0.15) is 17.3 Å². The van der Waals surface area contributed by atoms with Crippen LogP contribution in [0.15, 0.2) is 23.1 Å². The second-order valence-corrected chi connectivity index (χ2v) is 3.42. The molecule has 0 radical (unpaired) electrons. The van der Waals surface area contributed by atoms with Crippen molar-refractivity contribution in [2.45, 2.75) is 19.9 Å². The maximum absolute atomic E-state index is 5.51. The number of hydrogen-bond acceptors (Lipinski definition) is 4. The molecule has 2 aromatic heterocycles. The molecule has 0 aromatic carbocycles. The van der Waals surface area contributed by atoms with E-state index < -0.39 is 0 Å². The van der Waals surface area contributed by atoms with Gasteiger partial charge in [-0.2, -0.15) is 0 Å². The van der Waals surface area contributed by atoms with E-state index in [1.165, 1.54) is 0 Å². The minimum atomic E-state index is 0.614. The highest BCUT2D eigenvalue weighted by Crippen LogP contribution is 2.07. The average Bonchev–Trinajstić information content (AvgIpc) is 2.78. The predicted octanol–water partition coefficient (Wildman–Crippen LogP) is 0.729. The SMILES string of the molecule is Cc1cnc(Cn2cncc2CCN)o1. The summed E-state index contributed by atoms with van der Waals surface area (Å²) >= 11 is 0. The van der Waals surface area contributed by atoms with Gasteiger partial charge in [0.1, 0.15) is 12.3 Å². The van der Waals surface area contributed by atoms with Gasteiger partial charge in [0.15, 0.2) is 0 Å². The van der Waals surface area contributed by atoms with Crippen LogP contribution in [0.4, 0.5) is 0 Å². The van der Waals surface area contributed by atoms with E-state index in [9.17, 15) is 0 Å². The Morgan fingerprint density at radius 2 is 2.33 bits per heavy atom. The quantitative estimate of drug-likeness (QED) is 0.800. The van der Waals surface area contributed by atoms with Crippen molar-refractivity contribution in [2.24, 2.45) is 5.73 Å². The van der Waals surface area contributed by atoms with Gasteiger partial charge in [-0.3, -0.25) is 0 Å². The van der Waals surface area contributed by atoms with Crippen LogP contribution in [0.3, 0.4) is 0 Å². The summed E-state index contributed by atoms with van der Waals surface area (Å²) < 4.78 is 7.40.